The SMILES string of the molecule is CC1(C)c2cc3ccccc3cc2-c2c(-c3ccc(/C=C/C(NC(N)c4ccccc4)c4cccc(-c5cccc6oc7ccc8ccccc8c7c56)c4)cc3)cccc21. The maximum absolute atomic E-state index is 6.88. The summed E-state index contributed by atoms with van der Waals surface area (Å²) in [4.78, 5) is 0. The third kappa shape index (κ3) is 6.05. The van der Waals surface area contributed by atoms with E-state index < -0.39 is 0 Å². The van der Waals surface area contributed by atoms with Gasteiger partial charge in [-0.2, -0.15) is 0 Å². The fraction of sp³-hybridized carbons (Fsp3) is 0.0877. The molecule has 3 heteroatoms. The lowest BCUT2D eigenvalue weighted by Crippen LogP contribution is -2.31. The van der Waals surface area contributed by atoms with Gasteiger partial charge in [0.1, 0.15) is 11.2 Å². The number of rotatable bonds is 8. The number of furan rings is 1. The van der Waals surface area contributed by atoms with Crippen LogP contribution in [0.15, 0.2) is 199 Å². The van der Waals surface area contributed by atoms with Gasteiger partial charge in [0.05, 0.1) is 12.2 Å². The Kier molecular flexibility index (Phi) is 8.63. The molecule has 1 aliphatic rings. The van der Waals surface area contributed by atoms with Crippen molar-refractivity contribution in [2.75, 3.05) is 0 Å². The van der Waals surface area contributed by atoms with Crippen LogP contribution in [-0.2, 0) is 5.41 Å². The van der Waals surface area contributed by atoms with Crippen LogP contribution in [0.3, 0.4) is 0 Å². The maximum atomic E-state index is 6.88. The van der Waals surface area contributed by atoms with Gasteiger partial charge < -0.3 is 10.2 Å². The Balaban J connectivity index is 0.960. The van der Waals surface area contributed by atoms with Crippen LogP contribution in [-0.4, -0.2) is 0 Å². The van der Waals surface area contributed by atoms with Gasteiger partial charge in [-0.25, -0.2) is 0 Å². The monoisotopic (exact) mass is 772 g/mol. The Morgan fingerprint density at radius 1 is 0.517 bits per heavy atom. The van der Waals surface area contributed by atoms with E-state index in [1.54, 1.807) is 0 Å². The molecule has 1 aliphatic carbocycles. The lowest BCUT2D eigenvalue weighted by Gasteiger charge is -2.22. The molecule has 0 amide bonds. The molecule has 0 radical (unpaired) electrons. The van der Waals surface area contributed by atoms with Gasteiger partial charge in [0.2, 0.25) is 0 Å². The van der Waals surface area contributed by atoms with Gasteiger partial charge in [-0.15, -0.1) is 0 Å². The molecule has 0 spiro atoms. The highest BCUT2D eigenvalue weighted by Gasteiger charge is 2.37. The van der Waals surface area contributed by atoms with Crippen molar-refractivity contribution < 1.29 is 4.42 Å². The summed E-state index contributed by atoms with van der Waals surface area (Å²) in [5, 5.41) is 11.0. The first-order valence-electron chi connectivity index (χ1n) is 20.9. The quantitative estimate of drug-likeness (QED) is 0.151. The fourth-order valence-electron chi connectivity index (χ4n) is 9.63. The van der Waals surface area contributed by atoms with E-state index in [4.69, 9.17) is 10.2 Å². The lowest BCUT2D eigenvalue weighted by molar-refractivity contribution is 0.509. The predicted molar refractivity (Wildman–Crippen MR) is 252 cm³/mol. The first kappa shape index (κ1) is 36.1. The van der Waals surface area contributed by atoms with Gasteiger partial charge in [0, 0.05) is 16.2 Å². The van der Waals surface area contributed by atoms with Crippen molar-refractivity contribution in [3.05, 3.63) is 222 Å². The zero-order chi connectivity index (χ0) is 40.4. The summed E-state index contributed by atoms with van der Waals surface area (Å²) in [5.74, 6) is 0. The molecular formula is C57H44N2O. The van der Waals surface area contributed by atoms with Crippen LogP contribution in [0.5, 0.6) is 0 Å². The van der Waals surface area contributed by atoms with Gasteiger partial charge in [-0.3, -0.25) is 5.32 Å². The van der Waals surface area contributed by atoms with E-state index in [1.807, 2.05) is 18.2 Å². The number of fused-ring (bicyclic) bond motifs is 9. The third-order valence-corrected chi connectivity index (χ3v) is 12.7. The van der Waals surface area contributed by atoms with E-state index in [0.717, 1.165) is 49.8 Å². The van der Waals surface area contributed by atoms with Crippen molar-refractivity contribution >= 4 is 49.6 Å². The smallest absolute Gasteiger partial charge is 0.136 e. The van der Waals surface area contributed by atoms with Crippen LogP contribution < -0.4 is 11.1 Å². The van der Waals surface area contributed by atoms with E-state index in [-0.39, 0.29) is 17.6 Å². The average molecular weight is 773 g/mol. The van der Waals surface area contributed by atoms with Crippen molar-refractivity contribution in [2.45, 2.75) is 31.5 Å². The molecule has 0 bridgehead atoms. The van der Waals surface area contributed by atoms with Crippen LogP contribution in [0.25, 0.3) is 82.9 Å². The van der Waals surface area contributed by atoms with Crippen LogP contribution in [0.4, 0.5) is 0 Å². The highest BCUT2D eigenvalue weighted by molar-refractivity contribution is 6.22. The minimum Gasteiger partial charge on any atom is -0.456 e. The number of benzene rings is 9. The summed E-state index contributed by atoms with van der Waals surface area (Å²) in [6.07, 6.45) is 4.08. The molecule has 2 atom stereocenters. The molecule has 9 aromatic carbocycles. The Morgan fingerprint density at radius 2 is 1.20 bits per heavy atom. The predicted octanol–water partition coefficient (Wildman–Crippen LogP) is 14.5. The number of hydrogen-bond acceptors (Lipinski definition) is 3. The molecule has 11 rings (SSSR count). The summed E-state index contributed by atoms with van der Waals surface area (Å²) in [6.45, 7) is 4.71. The summed E-state index contributed by atoms with van der Waals surface area (Å²) in [5.41, 5.74) is 22.1. The number of nitrogens with two attached hydrogens (primary N) is 1. The van der Waals surface area contributed by atoms with Crippen LogP contribution >= 0.6 is 0 Å². The molecule has 1 heterocycles. The normalized spacial score (nSPS) is 14.2. The van der Waals surface area contributed by atoms with Crippen molar-refractivity contribution in [3.63, 3.8) is 0 Å². The summed E-state index contributed by atoms with van der Waals surface area (Å²) in [7, 11) is 0. The zero-order valence-corrected chi connectivity index (χ0v) is 33.7. The number of hydrogen-bond donors (Lipinski definition) is 2. The van der Waals surface area contributed by atoms with E-state index in [0.29, 0.717) is 0 Å². The standard InChI is InChI=1S/C57H44N2O/c1-57(2)48-23-11-21-44(53(48)47-34-40-16-6-7-17-41(40)35-49(47)57)38-28-25-36(26-29-38)27-31-50(59-56(58)39-14-4-3-5-15-39)43-19-10-18-42(33-43)46-22-12-24-51-55(46)54-45-20-9-8-13-37(45)30-32-52(54)60-51/h3-35,50,56,59H,58H2,1-2H3/b31-27+. The second-order valence-corrected chi connectivity index (χ2v) is 16.7. The van der Waals surface area contributed by atoms with Crippen molar-refractivity contribution in [1.82, 2.24) is 5.32 Å². The number of nitrogens with one attached hydrogen (secondary N) is 1. The van der Waals surface area contributed by atoms with Crippen LogP contribution in [0.1, 0.15) is 53.9 Å². The Hall–Kier alpha value is -7.04. The van der Waals surface area contributed by atoms with E-state index in [1.165, 1.54) is 54.9 Å². The van der Waals surface area contributed by atoms with Gasteiger partial charge in [-0.1, -0.05) is 184 Å². The minimum atomic E-state index is -0.371. The van der Waals surface area contributed by atoms with Crippen LogP contribution in [0, 0.1) is 0 Å². The minimum absolute atomic E-state index is 0.0828. The van der Waals surface area contributed by atoms with Gasteiger partial charge in [0.15, 0.2) is 0 Å². The Labute approximate surface area is 350 Å². The molecule has 3 N–H and O–H groups in total. The summed E-state index contributed by atoms with van der Waals surface area (Å²) < 4.78 is 6.45. The topological polar surface area (TPSA) is 51.2 Å². The molecule has 2 unspecified atom stereocenters. The largest absolute Gasteiger partial charge is 0.456 e. The second-order valence-electron chi connectivity index (χ2n) is 16.7. The summed E-state index contributed by atoms with van der Waals surface area (Å²) in [6, 6.07) is 67.3. The molecule has 0 saturated carbocycles. The van der Waals surface area contributed by atoms with E-state index in [2.05, 4.69) is 201 Å². The zero-order valence-electron chi connectivity index (χ0n) is 33.7. The third-order valence-electron chi connectivity index (χ3n) is 12.7. The molecule has 60 heavy (non-hydrogen) atoms. The Morgan fingerprint density at radius 3 is 2.03 bits per heavy atom. The van der Waals surface area contributed by atoms with Crippen molar-refractivity contribution in [1.29, 1.82) is 0 Å². The fourth-order valence-corrected chi connectivity index (χ4v) is 9.63. The molecule has 0 aliphatic heterocycles. The molecular weight excluding hydrogens is 729 g/mol. The van der Waals surface area contributed by atoms with E-state index in [9.17, 15) is 0 Å². The van der Waals surface area contributed by atoms with Crippen molar-refractivity contribution in [2.24, 2.45) is 5.73 Å². The lowest BCUT2D eigenvalue weighted by atomic mass is 9.81. The molecule has 10 aromatic rings. The first-order chi connectivity index (χ1) is 29.4. The van der Waals surface area contributed by atoms with Gasteiger partial charge >= 0.3 is 0 Å². The van der Waals surface area contributed by atoms with Crippen molar-refractivity contribution in [3.8, 4) is 33.4 Å². The molecule has 3 nitrogen and oxygen atoms in total. The highest BCUT2D eigenvalue weighted by Crippen LogP contribution is 2.53. The van der Waals surface area contributed by atoms with Gasteiger partial charge in [-0.05, 0) is 113 Å². The molecule has 1 aromatic heterocycles. The molecule has 0 fully saturated rings. The van der Waals surface area contributed by atoms with E-state index >= 15 is 0 Å². The maximum Gasteiger partial charge on any atom is 0.136 e. The summed E-state index contributed by atoms with van der Waals surface area (Å²) >= 11 is 0. The Bertz CT molecular complexity index is 3280. The van der Waals surface area contributed by atoms with Gasteiger partial charge in [0.25, 0.3) is 0 Å². The molecule has 288 valence electrons. The molecule has 0 saturated heterocycles. The van der Waals surface area contributed by atoms with Crippen LogP contribution in [0.2, 0.25) is 0 Å². The highest BCUT2D eigenvalue weighted by atomic mass is 16.3. The average Bonchev–Trinajstić information content (AvgIpc) is 3.79. The second kappa shape index (κ2) is 14.4. The first-order valence-corrected chi connectivity index (χ1v) is 20.9.